The Kier molecular flexibility index (Phi) is 6.96. The molecular weight excluding hydrogens is 358 g/mol. The zero-order chi connectivity index (χ0) is 15.2. The molecule has 0 aliphatic heterocycles. The molecule has 0 aliphatic carbocycles. The standard InChI is InChI=1S/C11H15BrF2N2O3S/c1-19-5-4-15-2-3-16-20(17,18)11-7-9(13)8(12)6-10(11)14/h6-7,15-16H,2-5H2,1H3. The largest absolute Gasteiger partial charge is 0.383 e. The summed E-state index contributed by atoms with van der Waals surface area (Å²) >= 11 is 2.78. The molecule has 9 heteroatoms. The van der Waals surface area contributed by atoms with Crippen molar-refractivity contribution in [1.29, 1.82) is 0 Å². The van der Waals surface area contributed by atoms with Crippen molar-refractivity contribution in [3.63, 3.8) is 0 Å². The minimum Gasteiger partial charge on any atom is -0.383 e. The van der Waals surface area contributed by atoms with Gasteiger partial charge in [0.15, 0.2) is 0 Å². The van der Waals surface area contributed by atoms with Crippen molar-refractivity contribution in [3.05, 3.63) is 28.2 Å². The molecule has 0 fully saturated rings. The van der Waals surface area contributed by atoms with Crippen LogP contribution in [-0.2, 0) is 14.8 Å². The van der Waals surface area contributed by atoms with E-state index in [1.165, 1.54) is 0 Å². The molecule has 0 radical (unpaired) electrons. The van der Waals surface area contributed by atoms with E-state index in [9.17, 15) is 17.2 Å². The van der Waals surface area contributed by atoms with Gasteiger partial charge >= 0.3 is 0 Å². The molecule has 2 N–H and O–H groups in total. The van der Waals surface area contributed by atoms with Crippen LogP contribution in [-0.4, -0.2) is 41.8 Å². The Labute approximate surface area is 124 Å². The third-order valence-electron chi connectivity index (χ3n) is 2.34. The minimum atomic E-state index is -4.08. The summed E-state index contributed by atoms with van der Waals surface area (Å²) in [5.41, 5.74) is 0. The highest BCUT2D eigenvalue weighted by atomic mass is 79.9. The van der Waals surface area contributed by atoms with Gasteiger partial charge in [-0.15, -0.1) is 0 Å². The van der Waals surface area contributed by atoms with Crippen LogP contribution in [0.2, 0.25) is 0 Å². The Morgan fingerprint density at radius 3 is 2.55 bits per heavy atom. The number of rotatable bonds is 8. The van der Waals surface area contributed by atoms with Gasteiger partial charge in [-0.25, -0.2) is 21.9 Å². The van der Waals surface area contributed by atoms with Gasteiger partial charge in [0.25, 0.3) is 0 Å². The number of hydrogen-bond acceptors (Lipinski definition) is 4. The molecule has 0 aliphatic rings. The van der Waals surface area contributed by atoms with Crippen molar-refractivity contribution in [2.24, 2.45) is 0 Å². The third kappa shape index (κ3) is 5.06. The predicted molar refractivity (Wildman–Crippen MR) is 74.0 cm³/mol. The Morgan fingerprint density at radius 1 is 1.20 bits per heavy atom. The molecule has 0 saturated heterocycles. The van der Waals surface area contributed by atoms with E-state index >= 15 is 0 Å². The van der Waals surface area contributed by atoms with Crippen LogP contribution in [0.25, 0.3) is 0 Å². The zero-order valence-electron chi connectivity index (χ0n) is 10.8. The highest BCUT2D eigenvalue weighted by Crippen LogP contribution is 2.22. The van der Waals surface area contributed by atoms with Gasteiger partial charge in [-0.05, 0) is 28.1 Å². The maximum absolute atomic E-state index is 13.6. The SMILES string of the molecule is COCCNCCNS(=O)(=O)c1cc(F)c(Br)cc1F. The second kappa shape index (κ2) is 7.99. The smallest absolute Gasteiger partial charge is 0.243 e. The highest BCUT2D eigenvalue weighted by Gasteiger charge is 2.20. The van der Waals surface area contributed by atoms with E-state index in [-0.39, 0.29) is 11.0 Å². The molecule has 1 aromatic rings. The average molecular weight is 373 g/mol. The molecule has 0 aromatic heterocycles. The maximum atomic E-state index is 13.6. The highest BCUT2D eigenvalue weighted by molar-refractivity contribution is 9.10. The van der Waals surface area contributed by atoms with Crippen LogP contribution in [0, 0.1) is 11.6 Å². The molecule has 0 atom stereocenters. The summed E-state index contributed by atoms with van der Waals surface area (Å²) < 4.78 is 57.3. The second-order valence-corrected chi connectivity index (χ2v) is 6.43. The van der Waals surface area contributed by atoms with E-state index in [0.717, 1.165) is 6.07 Å². The fraction of sp³-hybridized carbons (Fsp3) is 0.455. The molecule has 0 spiro atoms. The molecule has 114 valence electrons. The van der Waals surface area contributed by atoms with Gasteiger partial charge in [0, 0.05) is 26.7 Å². The van der Waals surface area contributed by atoms with Crippen LogP contribution in [0.15, 0.2) is 21.5 Å². The fourth-order valence-electron chi connectivity index (χ4n) is 1.36. The minimum absolute atomic E-state index is 0.0587. The molecule has 1 rings (SSSR count). The Balaban J connectivity index is 2.63. The lowest BCUT2D eigenvalue weighted by atomic mass is 10.3. The van der Waals surface area contributed by atoms with Crippen molar-refractivity contribution < 1.29 is 21.9 Å². The van der Waals surface area contributed by atoms with E-state index < -0.39 is 26.6 Å². The average Bonchev–Trinajstić information content (AvgIpc) is 2.37. The normalized spacial score (nSPS) is 11.8. The first-order chi connectivity index (χ1) is 9.38. The first kappa shape index (κ1) is 17.4. The first-order valence-corrected chi connectivity index (χ1v) is 8.00. The van der Waals surface area contributed by atoms with Crippen molar-refractivity contribution >= 4 is 26.0 Å². The quantitative estimate of drug-likeness (QED) is 0.532. The number of benzene rings is 1. The van der Waals surface area contributed by atoms with E-state index in [4.69, 9.17) is 4.74 Å². The van der Waals surface area contributed by atoms with E-state index in [0.29, 0.717) is 25.8 Å². The summed E-state index contributed by atoms with van der Waals surface area (Å²) in [5, 5.41) is 2.92. The molecule has 5 nitrogen and oxygen atoms in total. The van der Waals surface area contributed by atoms with Gasteiger partial charge in [-0.3, -0.25) is 0 Å². The van der Waals surface area contributed by atoms with Gasteiger partial charge in [0.2, 0.25) is 10.0 Å². The summed E-state index contributed by atoms with van der Waals surface area (Å²) in [7, 11) is -2.53. The van der Waals surface area contributed by atoms with E-state index in [1.54, 1.807) is 7.11 Å². The molecule has 0 saturated carbocycles. The zero-order valence-corrected chi connectivity index (χ0v) is 13.2. The van der Waals surface area contributed by atoms with Crippen LogP contribution in [0.5, 0.6) is 0 Å². The number of methoxy groups -OCH3 is 1. The summed E-state index contributed by atoms with van der Waals surface area (Å²) in [6.45, 7) is 1.48. The van der Waals surface area contributed by atoms with Crippen LogP contribution >= 0.6 is 15.9 Å². The van der Waals surface area contributed by atoms with Crippen LogP contribution in [0.1, 0.15) is 0 Å². The second-order valence-electron chi connectivity index (χ2n) is 3.84. The summed E-state index contributed by atoms with van der Waals surface area (Å²) in [5.74, 6) is -1.86. The van der Waals surface area contributed by atoms with Crippen LogP contribution in [0.3, 0.4) is 0 Å². The monoisotopic (exact) mass is 372 g/mol. The molecule has 20 heavy (non-hydrogen) atoms. The van der Waals surface area contributed by atoms with Crippen molar-refractivity contribution in [1.82, 2.24) is 10.0 Å². The topological polar surface area (TPSA) is 67.4 Å². The summed E-state index contributed by atoms with van der Waals surface area (Å²) in [4.78, 5) is -0.713. The Bertz CT molecular complexity index is 555. The summed E-state index contributed by atoms with van der Waals surface area (Å²) in [6.07, 6.45) is 0. The third-order valence-corrected chi connectivity index (χ3v) is 4.42. The van der Waals surface area contributed by atoms with Crippen molar-refractivity contribution in [3.8, 4) is 0 Å². The number of sulfonamides is 1. The number of ether oxygens (including phenoxy) is 1. The first-order valence-electron chi connectivity index (χ1n) is 5.72. The van der Waals surface area contributed by atoms with Crippen molar-refractivity contribution in [2.75, 3.05) is 33.4 Å². The Morgan fingerprint density at radius 2 is 1.90 bits per heavy atom. The van der Waals surface area contributed by atoms with E-state index in [1.807, 2.05) is 0 Å². The molecule has 1 aromatic carbocycles. The van der Waals surface area contributed by atoms with Gasteiger partial charge < -0.3 is 10.1 Å². The van der Waals surface area contributed by atoms with Crippen molar-refractivity contribution in [2.45, 2.75) is 4.90 Å². The lowest BCUT2D eigenvalue weighted by Gasteiger charge is -2.09. The summed E-state index contributed by atoms with van der Waals surface area (Å²) in [6, 6.07) is 1.42. The molecule has 0 unspecified atom stereocenters. The Hall–Kier alpha value is -0.610. The number of hydrogen-bond donors (Lipinski definition) is 2. The van der Waals surface area contributed by atoms with Crippen LogP contribution in [0.4, 0.5) is 8.78 Å². The number of nitrogens with one attached hydrogen (secondary N) is 2. The lowest BCUT2D eigenvalue weighted by Crippen LogP contribution is -2.33. The van der Waals surface area contributed by atoms with E-state index in [2.05, 4.69) is 26.0 Å². The molecule has 0 amide bonds. The lowest BCUT2D eigenvalue weighted by molar-refractivity contribution is 0.199. The van der Waals surface area contributed by atoms with Gasteiger partial charge in [-0.1, -0.05) is 0 Å². The molecular formula is C11H15BrF2N2O3S. The maximum Gasteiger partial charge on any atom is 0.243 e. The molecule has 0 bridgehead atoms. The van der Waals surface area contributed by atoms with Gasteiger partial charge in [0.1, 0.15) is 16.5 Å². The molecule has 0 heterocycles. The van der Waals surface area contributed by atoms with Gasteiger partial charge in [-0.2, -0.15) is 0 Å². The van der Waals surface area contributed by atoms with Gasteiger partial charge in [0.05, 0.1) is 11.1 Å². The fourth-order valence-corrected chi connectivity index (χ4v) is 2.78. The number of halogens is 3. The van der Waals surface area contributed by atoms with Crippen LogP contribution < -0.4 is 10.0 Å². The predicted octanol–water partition coefficient (Wildman–Crippen LogP) is 1.24.